The fourth-order valence-electron chi connectivity index (χ4n) is 2.51. The molecular weight excluding hydrogens is 316 g/mol. The number of aromatic amines is 1. The molecule has 3 aromatic heterocycles. The molecule has 0 atom stereocenters. The number of hydrogen-bond acceptors (Lipinski definition) is 5. The number of fused-ring (bicyclic) bond motifs is 1. The normalized spacial score (nSPS) is 10.9. The lowest BCUT2D eigenvalue weighted by Gasteiger charge is -2.03. The maximum absolute atomic E-state index is 12.3. The topological polar surface area (TPSA) is 88.5 Å². The second-order valence-corrected chi connectivity index (χ2v) is 6.00. The quantitative estimate of drug-likeness (QED) is 0.716. The van der Waals surface area contributed by atoms with Gasteiger partial charge in [-0.25, -0.2) is 9.78 Å². The third-order valence-electron chi connectivity index (χ3n) is 3.63. The Balaban J connectivity index is 1.75. The van der Waals surface area contributed by atoms with E-state index in [-0.39, 0.29) is 5.91 Å². The Morgan fingerprint density at radius 2 is 2.22 bits per heavy atom. The van der Waals surface area contributed by atoms with E-state index in [2.05, 4.69) is 15.3 Å². The van der Waals surface area contributed by atoms with Crippen molar-refractivity contribution in [3.8, 4) is 0 Å². The number of aryl methyl sites for hydroxylation is 1. The maximum Gasteiger partial charge on any atom is 0.339 e. The molecule has 3 heterocycles. The highest BCUT2D eigenvalue weighted by Gasteiger charge is 2.22. The lowest BCUT2D eigenvalue weighted by molar-refractivity contribution is 0.0599. The molecule has 0 radical (unpaired) electrons. The Bertz CT molecular complexity index is 861. The molecule has 0 aliphatic heterocycles. The summed E-state index contributed by atoms with van der Waals surface area (Å²) in [6, 6.07) is 0. The van der Waals surface area contributed by atoms with E-state index in [1.54, 1.807) is 13.8 Å². The van der Waals surface area contributed by atoms with Gasteiger partial charge in [-0.15, -0.1) is 11.3 Å². The first-order valence-electron chi connectivity index (χ1n) is 6.98. The number of rotatable bonds is 4. The van der Waals surface area contributed by atoms with Crippen molar-refractivity contribution >= 4 is 28.2 Å². The third-order valence-corrected chi connectivity index (χ3v) is 4.40. The summed E-state index contributed by atoms with van der Waals surface area (Å²) < 4.78 is 6.65. The van der Waals surface area contributed by atoms with Crippen molar-refractivity contribution in [1.82, 2.24) is 19.7 Å². The van der Waals surface area contributed by atoms with E-state index in [1.165, 1.54) is 18.4 Å². The van der Waals surface area contributed by atoms with Crippen LogP contribution in [0.5, 0.6) is 0 Å². The predicted molar refractivity (Wildman–Crippen MR) is 85.8 cm³/mol. The molecule has 3 rings (SSSR count). The molecule has 0 spiro atoms. The van der Waals surface area contributed by atoms with Crippen molar-refractivity contribution < 1.29 is 14.3 Å². The first-order valence-corrected chi connectivity index (χ1v) is 7.86. The van der Waals surface area contributed by atoms with Crippen LogP contribution in [0.15, 0.2) is 17.8 Å². The second kappa shape index (κ2) is 5.88. The maximum atomic E-state index is 12.3. The monoisotopic (exact) mass is 332 g/mol. The zero-order chi connectivity index (χ0) is 16.6. The number of amides is 1. The van der Waals surface area contributed by atoms with E-state index >= 15 is 0 Å². The van der Waals surface area contributed by atoms with Crippen molar-refractivity contribution in [2.24, 2.45) is 0 Å². The van der Waals surface area contributed by atoms with Crippen LogP contribution in [0, 0.1) is 13.8 Å². The zero-order valence-electron chi connectivity index (χ0n) is 13.0. The van der Waals surface area contributed by atoms with Crippen LogP contribution in [0.3, 0.4) is 0 Å². The minimum atomic E-state index is -0.454. The second-order valence-electron chi connectivity index (χ2n) is 5.12. The third kappa shape index (κ3) is 2.72. The summed E-state index contributed by atoms with van der Waals surface area (Å²) in [4.78, 5) is 32.3. The standard InChI is InChI=1S/C15H16N4O3S/c1-8-11(14(21)22-3)9(2)17-12(8)13(20)16-6-10-7-19-4-5-23-15(19)18-10/h4-5,7,17H,6H2,1-3H3,(H,16,20). The van der Waals surface area contributed by atoms with Gasteiger partial charge < -0.3 is 15.0 Å². The van der Waals surface area contributed by atoms with Gasteiger partial charge in [-0.1, -0.05) is 0 Å². The molecule has 23 heavy (non-hydrogen) atoms. The average molecular weight is 332 g/mol. The average Bonchev–Trinajstić information content (AvgIpc) is 3.17. The number of aromatic nitrogens is 3. The molecule has 2 N–H and O–H groups in total. The molecule has 0 aliphatic rings. The van der Waals surface area contributed by atoms with E-state index in [1.807, 2.05) is 22.2 Å². The van der Waals surface area contributed by atoms with E-state index in [0.717, 1.165) is 10.7 Å². The number of carbonyl (C=O) groups is 2. The van der Waals surface area contributed by atoms with E-state index in [4.69, 9.17) is 4.74 Å². The number of methoxy groups -OCH3 is 1. The largest absolute Gasteiger partial charge is 0.465 e. The number of nitrogens with zero attached hydrogens (tertiary/aromatic N) is 2. The molecule has 0 bridgehead atoms. The van der Waals surface area contributed by atoms with Gasteiger partial charge >= 0.3 is 5.97 Å². The van der Waals surface area contributed by atoms with Crippen LogP contribution >= 0.6 is 11.3 Å². The zero-order valence-corrected chi connectivity index (χ0v) is 13.8. The predicted octanol–water partition coefficient (Wildman–Crippen LogP) is 2.06. The smallest absolute Gasteiger partial charge is 0.339 e. The van der Waals surface area contributed by atoms with Gasteiger partial charge in [-0.2, -0.15) is 0 Å². The van der Waals surface area contributed by atoms with Gasteiger partial charge in [0.1, 0.15) is 5.69 Å². The molecule has 0 saturated heterocycles. The van der Waals surface area contributed by atoms with Crippen LogP contribution in [0.4, 0.5) is 0 Å². The van der Waals surface area contributed by atoms with Gasteiger partial charge in [0.15, 0.2) is 4.96 Å². The number of carbonyl (C=O) groups excluding carboxylic acids is 2. The summed E-state index contributed by atoms with van der Waals surface area (Å²) in [7, 11) is 1.32. The van der Waals surface area contributed by atoms with E-state index in [0.29, 0.717) is 29.1 Å². The molecule has 0 saturated carbocycles. The lowest BCUT2D eigenvalue weighted by Crippen LogP contribution is -2.24. The number of esters is 1. The summed E-state index contributed by atoms with van der Waals surface area (Å²) in [5.41, 5.74) is 2.74. The number of ether oxygens (including phenoxy) is 1. The molecule has 7 nitrogen and oxygen atoms in total. The fraction of sp³-hybridized carbons (Fsp3) is 0.267. The number of H-pyrrole nitrogens is 1. The number of thiazole rings is 1. The molecule has 0 unspecified atom stereocenters. The van der Waals surface area contributed by atoms with Crippen LogP contribution in [0.2, 0.25) is 0 Å². The lowest BCUT2D eigenvalue weighted by atomic mass is 10.1. The highest BCUT2D eigenvalue weighted by molar-refractivity contribution is 7.15. The first kappa shape index (κ1) is 15.3. The Kier molecular flexibility index (Phi) is 3.91. The van der Waals surface area contributed by atoms with Crippen molar-refractivity contribution in [1.29, 1.82) is 0 Å². The molecule has 120 valence electrons. The van der Waals surface area contributed by atoms with E-state index in [9.17, 15) is 9.59 Å². The van der Waals surface area contributed by atoms with Crippen molar-refractivity contribution in [3.05, 3.63) is 46.0 Å². The van der Waals surface area contributed by atoms with Gasteiger partial charge in [-0.05, 0) is 19.4 Å². The molecule has 3 aromatic rings. The summed E-state index contributed by atoms with van der Waals surface area (Å²) in [5.74, 6) is -0.734. The van der Waals surface area contributed by atoms with Gasteiger partial charge in [0.25, 0.3) is 5.91 Å². The molecule has 0 fully saturated rings. The van der Waals surface area contributed by atoms with Crippen LogP contribution < -0.4 is 5.32 Å². The highest BCUT2D eigenvalue weighted by Crippen LogP contribution is 2.19. The minimum Gasteiger partial charge on any atom is -0.465 e. The summed E-state index contributed by atoms with van der Waals surface area (Å²) in [6.45, 7) is 3.77. The van der Waals surface area contributed by atoms with Gasteiger partial charge in [0.2, 0.25) is 0 Å². The Morgan fingerprint density at radius 3 is 2.91 bits per heavy atom. The Hall–Kier alpha value is -2.61. The van der Waals surface area contributed by atoms with Crippen LogP contribution in [-0.2, 0) is 11.3 Å². The van der Waals surface area contributed by atoms with Gasteiger partial charge in [0, 0.05) is 23.5 Å². The molecular formula is C15H16N4O3S. The number of imidazole rings is 1. The molecule has 0 aliphatic carbocycles. The number of nitrogens with one attached hydrogen (secondary N) is 2. The minimum absolute atomic E-state index is 0.280. The van der Waals surface area contributed by atoms with Gasteiger partial charge in [0.05, 0.1) is 24.9 Å². The van der Waals surface area contributed by atoms with Crippen LogP contribution in [0.1, 0.15) is 37.8 Å². The van der Waals surface area contributed by atoms with Crippen molar-refractivity contribution in [2.75, 3.05) is 7.11 Å². The fourth-order valence-corrected chi connectivity index (χ4v) is 3.22. The molecule has 1 amide bonds. The highest BCUT2D eigenvalue weighted by atomic mass is 32.1. The summed E-state index contributed by atoms with van der Waals surface area (Å²) in [6.07, 6.45) is 3.79. The first-order chi connectivity index (χ1) is 11.0. The SMILES string of the molecule is COC(=O)c1c(C)[nH]c(C(=O)NCc2cn3ccsc3n2)c1C. The Morgan fingerprint density at radius 1 is 1.43 bits per heavy atom. The Labute approximate surface area is 136 Å². The van der Waals surface area contributed by atoms with Crippen molar-refractivity contribution in [3.63, 3.8) is 0 Å². The summed E-state index contributed by atoms with van der Waals surface area (Å²) >= 11 is 1.53. The van der Waals surface area contributed by atoms with E-state index < -0.39 is 5.97 Å². The molecule has 8 heteroatoms. The molecule has 0 aromatic carbocycles. The summed E-state index contributed by atoms with van der Waals surface area (Å²) in [5, 5.41) is 4.76. The number of hydrogen-bond donors (Lipinski definition) is 2. The van der Waals surface area contributed by atoms with Crippen LogP contribution in [-0.4, -0.2) is 33.4 Å². The van der Waals surface area contributed by atoms with Crippen LogP contribution in [0.25, 0.3) is 4.96 Å². The van der Waals surface area contributed by atoms with Crippen molar-refractivity contribution in [2.45, 2.75) is 20.4 Å². The van der Waals surface area contributed by atoms with Gasteiger partial charge in [-0.3, -0.25) is 9.20 Å².